The van der Waals surface area contributed by atoms with Crippen LogP contribution in [0, 0.1) is 11.8 Å². The SMILES string of the molecule is CCOC(=O)[C@@H]1[C@@H]2C=C[C@]3(CN(c4ccccc4OC)C(=O)[C@H]13)O2. The van der Waals surface area contributed by atoms with Crippen LogP contribution in [0.2, 0.25) is 0 Å². The van der Waals surface area contributed by atoms with E-state index in [4.69, 9.17) is 14.2 Å². The molecule has 1 aromatic rings. The van der Waals surface area contributed by atoms with E-state index in [0.717, 1.165) is 0 Å². The molecule has 0 radical (unpaired) electrons. The fourth-order valence-electron chi connectivity index (χ4n) is 4.06. The van der Waals surface area contributed by atoms with Crippen molar-refractivity contribution in [3.8, 4) is 5.75 Å². The van der Waals surface area contributed by atoms with Crippen LogP contribution in [0.1, 0.15) is 6.92 Å². The van der Waals surface area contributed by atoms with Gasteiger partial charge in [0.2, 0.25) is 5.91 Å². The van der Waals surface area contributed by atoms with Crippen LogP contribution in [0.4, 0.5) is 5.69 Å². The maximum absolute atomic E-state index is 13.1. The fraction of sp³-hybridized carbons (Fsp3) is 0.444. The summed E-state index contributed by atoms with van der Waals surface area (Å²) in [5.74, 6) is -0.995. The molecule has 0 N–H and O–H groups in total. The summed E-state index contributed by atoms with van der Waals surface area (Å²) in [5, 5.41) is 0. The van der Waals surface area contributed by atoms with E-state index in [2.05, 4.69) is 0 Å². The topological polar surface area (TPSA) is 65.1 Å². The number of para-hydroxylation sites is 2. The first kappa shape index (κ1) is 15.2. The Hall–Kier alpha value is -2.34. The number of anilines is 1. The molecule has 0 saturated carbocycles. The van der Waals surface area contributed by atoms with Crippen LogP contribution in [-0.4, -0.2) is 43.8 Å². The van der Waals surface area contributed by atoms with Crippen LogP contribution in [0.5, 0.6) is 5.75 Å². The normalized spacial score (nSPS) is 33.0. The molecule has 3 heterocycles. The lowest BCUT2D eigenvalue weighted by atomic mass is 9.77. The van der Waals surface area contributed by atoms with Crippen molar-refractivity contribution in [2.45, 2.75) is 18.6 Å². The van der Waals surface area contributed by atoms with Crippen molar-refractivity contribution in [1.29, 1.82) is 0 Å². The average molecular weight is 329 g/mol. The van der Waals surface area contributed by atoms with E-state index in [1.54, 1.807) is 18.9 Å². The third kappa shape index (κ3) is 1.92. The molecule has 4 atom stereocenters. The second-order valence-electron chi connectivity index (χ2n) is 6.25. The van der Waals surface area contributed by atoms with E-state index in [0.29, 0.717) is 18.0 Å². The van der Waals surface area contributed by atoms with Crippen molar-refractivity contribution in [3.63, 3.8) is 0 Å². The lowest BCUT2D eigenvalue weighted by Gasteiger charge is -2.22. The summed E-state index contributed by atoms with van der Waals surface area (Å²) in [6, 6.07) is 7.36. The van der Waals surface area contributed by atoms with E-state index in [-0.39, 0.29) is 24.6 Å². The number of amides is 1. The van der Waals surface area contributed by atoms with Gasteiger partial charge >= 0.3 is 5.97 Å². The van der Waals surface area contributed by atoms with Crippen molar-refractivity contribution in [1.82, 2.24) is 0 Å². The van der Waals surface area contributed by atoms with Gasteiger partial charge in [-0.25, -0.2) is 0 Å². The highest BCUT2D eigenvalue weighted by molar-refractivity contribution is 6.03. The van der Waals surface area contributed by atoms with E-state index in [9.17, 15) is 9.59 Å². The largest absolute Gasteiger partial charge is 0.495 e. The number of nitrogens with zero attached hydrogens (tertiary/aromatic N) is 1. The molecule has 0 aromatic heterocycles. The first-order chi connectivity index (χ1) is 11.6. The summed E-state index contributed by atoms with van der Waals surface area (Å²) in [7, 11) is 1.57. The Morgan fingerprint density at radius 1 is 1.42 bits per heavy atom. The van der Waals surface area contributed by atoms with Crippen molar-refractivity contribution in [3.05, 3.63) is 36.4 Å². The van der Waals surface area contributed by atoms with Gasteiger partial charge in [0.25, 0.3) is 0 Å². The number of carbonyl (C=O) groups excluding carboxylic acids is 2. The number of benzene rings is 1. The lowest BCUT2D eigenvalue weighted by Crippen LogP contribution is -2.40. The fourth-order valence-corrected chi connectivity index (χ4v) is 4.06. The molecule has 6 nitrogen and oxygen atoms in total. The van der Waals surface area contributed by atoms with Crippen molar-refractivity contribution < 1.29 is 23.8 Å². The Morgan fingerprint density at radius 3 is 2.96 bits per heavy atom. The Bertz CT molecular complexity index is 730. The zero-order valence-corrected chi connectivity index (χ0v) is 13.6. The van der Waals surface area contributed by atoms with E-state index in [1.165, 1.54) is 0 Å². The van der Waals surface area contributed by atoms with Crippen LogP contribution >= 0.6 is 0 Å². The molecular weight excluding hydrogens is 310 g/mol. The second kappa shape index (κ2) is 5.34. The van der Waals surface area contributed by atoms with Gasteiger partial charge in [-0.1, -0.05) is 24.3 Å². The quantitative estimate of drug-likeness (QED) is 0.619. The highest BCUT2D eigenvalue weighted by Crippen LogP contribution is 2.53. The monoisotopic (exact) mass is 329 g/mol. The average Bonchev–Trinajstić information content (AvgIpc) is 3.23. The van der Waals surface area contributed by atoms with Gasteiger partial charge in [0.15, 0.2) is 0 Å². The number of carbonyl (C=O) groups is 2. The number of esters is 1. The lowest BCUT2D eigenvalue weighted by molar-refractivity contribution is -0.151. The third-order valence-corrected chi connectivity index (χ3v) is 5.04. The second-order valence-corrected chi connectivity index (χ2v) is 6.25. The standard InChI is InChI=1S/C18H19NO5/c1-3-23-17(21)14-13-8-9-18(24-13)10-19(16(20)15(14)18)11-6-4-5-7-12(11)22-2/h4-9,13-15H,3,10H2,1-2H3/t13-,14+,15-,18+/m0/s1. The zero-order chi connectivity index (χ0) is 16.9. The van der Waals surface area contributed by atoms with Crippen LogP contribution in [0.15, 0.2) is 36.4 Å². The zero-order valence-electron chi connectivity index (χ0n) is 13.6. The van der Waals surface area contributed by atoms with E-state index >= 15 is 0 Å². The molecule has 0 unspecified atom stereocenters. The minimum atomic E-state index is -0.750. The molecule has 1 amide bonds. The molecule has 3 aliphatic rings. The first-order valence-electron chi connectivity index (χ1n) is 8.09. The Kier molecular flexibility index (Phi) is 3.38. The van der Waals surface area contributed by atoms with Gasteiger partial charge in [-0.05, 0) is 19.1 Å². The summed E-state index contributed by atoms with van der Waals surface area (Å²) in [5.41, 5.74) is -0.0585. The predicted octanol–water partition coefficient (Wildman–Crippen LogP) is 1.54. The maximum atomic E-state index is 13.1. The molecule has 2 saturated heterocycles. The number of methoxy groups -OCH3 is 1. The molecule has 1 aromatic carbocycles. The molecule has 24 heavy (non-hydrogen) atoms. The predicted molar refractivity (Wildman–Crippen MR) is 85.7 cm³/mol. The van der Waals surface area contributed by atoms with Crippen molar-refractivity contribution in [2.24, 2.45) is 11.8 Å². The van der Waals surface area contributed by atoms with E-state index < -0.39 is 17.4 Å². The van der Waals surface area contributed by atoms with Crippen LogP contribution < -0.4 is 9.64 Å². The minimum Gasteiger partial charge on any atom is -0.495 e. The Labute approximate surface area is 140 Å². The van der Waals surface area contributed by atoms with E-state index in [1.807, 2.05) is 36.4 Å². The molecular formula is C18H19NO5. The smallest absolute Gasteiger partial charge is 0.312 e. The molecule has 2 bridgehead atoms. The summed E-state index contributed by atoms with van der Waals surface area (Å²) < 4.78 is 16.6. The summed E-state index contributed by atoms with van der Waals surface area (Å²) in [4.78, 5) is 27.1. The molecule has 1 spiro atoms. The number of rotatable bonds is 4. The summed E-state index contributed by atoms with van der Waals surface area (Å²) in [6.45, 7) is 2.42. The van der Waals surface area contributed by atoms with Crippen molar-refractivity contribution in [2.75, 3.05) is 25.2 Å². The molecule has 3 aliphatic heterocycles. The number of hydrogen-bond donors (Lipinski definition) is 0. The van der Waals surface area contributed by atoms with Crippen LogP contribution in [0.25, 0.3) is 0 Å². The highest BCUT2D eigenvalue weighted by Gasteiger charge is 2.67. The van der Waals surface area contributed by atoms with Crippen LogP contribution in [0.3, 0.4) is 0 Å². The number of fused-ring (bicyclic) bond motifs is 1. The minimum absolute atomic E-state index is 0.121. The van der Waals surface area contributed by atoms with Gasteiger partial charge < -0.3 is 19.1 Å². The van der Waals surface area contributed by atoms with Gasteiger partial charge in [0.05, 0.1) is 38.0 Å². The van der Waals surface area contributed by atoms with Gasteiger partial charge in [-0.15, -0.1) is 0 Å². The number of hydrogen-bond acceptors (Lipinski definition) is 5. The van der Waals surface area contributed by atoms with Crippen molar-refractivity contribution >= 4 is 17.6 Å². The van der Waals surface area contributed by atoms with Gasteiger partial charge in [-0.2, -0.15) is 0 Å². The molecule has 2 fully saturated rings. The molecule has 4 rings (SSSR count). The third-order valence-electron chi connectivity index (χ3n) is 5.04. The molecule has 6 heteroatoms. The van der Waals surface area contributed by atoms with Gasteiger partial charge in [0.1, 0.15) is 17.3 Å². The van der Waals surface area contributed by atoms with Gasteiger partial charge in [-0.3, -0.25) is 9.59 Å². The summed E-state index contributed by atoms with van der Waals surface area (Å²) >= 11 is 0. The highest BCUT2D eigenvalue weighted by atomic mass is 16.6. The Balaban J connectivity index is 1.71. The molecule has 0 aliphatic carbocycles. The Morgan fingerprint density at radius 2 is 2.21 bits per heavy atom. The van der Waals surface area contributed by atoms with Gasteiger partial charge in [0, 0.05) is 0 Å². The van der Waals surface area contributed by atoms with Crippen LogP contribution in [-0.2, 0) is 19.1 Å². The first-order valence-corrected chi connectivity index (χ1v) is 8.09. The number of ether oxygens (including phenoxy) is 3. The summed E-state index contributed by atoms with van der Waals surface area (Å²) in [6.07, 6.45) is 3.42. The maximum Gasteiger partial charge on any atom is 0.312 e. The molecule has 126 valence electrons.